The highest BCUT2D eigenvalue weighted by molar-refractivity contribution is 5.35. The lowest BCUT2D eigenvalue weighted by Crippen LogP contribution is -2.28. The zero-order valence-corrected chi connectivity index (χ0v) is 15.1. The number of nitrogens with zero attached hydrogens (tertiary/aromatic N) is 1. The minimum absolute atomic E-state index is 0.565. The van der Waals surface area contributed by atoms with Gasteiger partial charge in [-0.25, -0.2) is 0 Å². The summed E-state index contributed by atoms with van der Waals surface area (Å²) < 4.78 is 5.26. The van der Waals surface area contributed by atoms with Crippen molar-refractivity contribution in [2.75, 3.05) is 20.2 Å². The molecule has 3 nitrogen and oxygen atoms in total. The van der Waals surface area contributed by atoms with Crippen molar-refractivity contribution in [1.82, 2.24) is 5.32 Å². The van der Waals surface area contributed by atoms with E-state index in [-0.39, 0.29) is 0 Å². The molecule has 0 atom stereocenters. The van der Waals surface area contributed by atoms with Crippen molar-refractivity contribution in [3.63, 3.8) is 0 Å². The number of allylic oxidation sites excluding steroid dienone is 4. The summed E-state index contributed by atoms with van der Waals surface area (Å²) in [6, 6.07) is 6.32. The highest BCUT2D eigenvalue weighted by atomic mass is 16.5. The molecule has 1 aromatic carbocycles. The Labute approximate surface area is 146 Å². The summed E-state index contributed by atoms with van der Waals surface area (Å²) in [5.41, 5.74) is 3.85. The van der Waals surface area contributed by atoms with Gasteiger partial charge in [0.25, 0.3) is 0 Å². The van der Waals surface area contributed by atoms with Crippen LogP contribution in [0.25, 0.3) is 0 Å². The SMILES string of the molecule is C=N/C(=C\C=C/CCCc1ccc(OC)cc1C)C1CCNCC1. The van der Waals surface area contributed by atoms with Gasteiger partial charge >= 0.3 is 0 Å². The van der Waals surface area contributed by atoms with Crippen molar-refractivity contribution in [3.8, 4) is 5.75 Å². The standard InChI is InChI=1S/C21H30N2O/c1-17-16-20(24-3)11-10-18(17)8-6-4-5-7-9-21(22-2)19-12-14-23-15-13-19/h5,7,9-11,16,19,23H,2,4,6,8,12-15H2,1,3H3/b7-5-,21-9-. The smallest absolute Gasteiger partial charge is 0.119 e. The van der Waals surface area contributed by atoms with Crippen LogP contribution in [0.3, 0.4) is 0 Å². The van der Waals surface area contributed by atoms with Crippen molar-refractivity contribution in [1.29, 1.82) is 0 Å². The number of piperidine rings is 1. The molecule has 1 fully saturated rings. The molecule has 0 radical (unpaired) electrons. The third-order valence-electron chi connectivity index (χ3n) is 4.71. The molecule has 0 spiro atoms. The third kappa shape index (κ3) is 5.64. The molecule has 0 aromatic heterocycles. The van der Waals surface area contributed by atoms with E-state index in [4.69, 9.17) is 4.74 Å². The highest BCUT2D eigenvalue weighted by Gasteiger charge is 2.15. The van der Waals surface area contributed by atoms with Crippen LogP contribution in [0, 0.1) is 12.8 Å². The first kappa shape index (κ1) is 18.5. The fourth-order valence-electron chi connectivity index (χ4n) is 3.18. The van der Waals surface area contributed by atoms with Crippen LogP contribution in [0.4, 0.5) is 0 Å². The molecule has 24 heavy (non-hydrogen) atoms. The number of ether oxygens (including phenoxy) is 1. The second-order valence-electron chi connectivity index (χ2n) is 6.39. The average molecular weight is 326 g/mol. The van der Waals surface area contributed by atoms with Gasteiger partial charge < -0.3 is 10.1 Å². The van der Waals surface area contributed by atoms with Gasteiger partial charge in [0.2, 0.25) is 0 Å². The molecule has 0 amide bonds. The Balaban J connectivity index is 1.77. The fraction of sp³-hybridized carbons (Fsp3) is 0.476. The normalized spacial score (nSPS) is 16.5. The molecule has 0 bridgehead atoms. The second kappa shape index (κ2) is 10.1. The summed E-state index contributed by atoms with van der Waals surface area (Å²) in [6.45, 7) is 8.05. The van der Waals surface area contributed by atoms with E-state index in [1.807, 2.05) is 6.07 Å². The summed E-state index contributed by atoms with van der Waals surface area (Å²) >= 11 is 0. The topological polar surface area (TPSA) is 33.6 Å². The minimum atomic E-state index is 0.565. The number of nitrogens with one attached hydrogen (secondary N) is 1. The second-order valence-corrected chi connectivity index (χ2v) is 6.39. The Bertz CT molecular complexity index is 584. The van der Waals surface area contributed by atoms with E-state index in [0.717, 1.165) is 56.6 Å². The van der Waals surface area contributed by atoms with Crippen LogP contribution >= 0.6 is 0 Å². The predicted molar refractivity (Wildman–Crippen MR) is 103 cm³/mol. The lowest BCUT2D eigenvalue weighted by molar-refractivity contribution is 0.414. The molecule has 1 aliphatic rings. The molecule has 1 aliphatic heterocycles. The van der Waals surface area contributed by atoms with Crippen LogP contribution in [0.2, 0.25) is 0 Å². The Morgan fingerprint density at radius 2 is 2.17 bits per heavy atom. The van der Waals surface area contributed by atoms with E-state index >= 15 is 0 Å². The van der Waals surface area contributed by atoms with E-state index in [0.29, 0.717) is 5.92 Å². The molecule has 0 aliphatic carbocycles. The Hall–Kier alpha value is -1.87. The first-order chi connectivity index (χ1) is 11.7. The Morgan fingerprint density at radius 3 is 2.83 bits per heavy atom. The molecule has 3 heteroatoms. The van der Waals surface area contributed by atoms with Gasteiger partial charge in [-0.05, 0) is 88.2 Å². The van der Waals surface area contributed by atoms with Crippen molar-refractivity contribution in [2.24, 2.45) is 10.9 Å². The lowest BCUT2D eigenvalue weighted by Gasteiger charge is -2.22. The van der Waals surface area contributed by atoms with Crippen molar-refractivity contribution >= 4 is 6.72 Å². The molecule has 0 unspecified atom stereocenters. The molecular formula is C21H30N2O. The van der Waals surface area contributed by atoms with Gasteiger partial charge in [0, 0.05) is 11.6 Å². The first-order valence-electron chi connectivity index (χ1n) is 8.92. The minimum Gasteiger partial charge on any atom is -0.497 e. The molecule has 2 rings (SSSR count). The molecule has 130 valence electrons. The number of hydrogen-bond donors (Lipinski definition) is 1. The number of aliphatic imine (C=N–C) groups is 1. The molecule has 1 heterocycles. The first-order valence-corrected chi connectivity index (χ1v) is 8.92. The Morgan fingerprint density at radius 1 is 1.38 bits per heavy atom. The zero-order valence-electron chi connectivity index (χ0n) is 15.1. The summed E-state index contributed by atoms with van der Waals surface area (Å²) in [6.07, 6.45) is 12.2. The van der Waals surface area contributed by atoms with Gasteiger partial charge in [0.05, 0.1) is 7.11 Å². The van der Waals surface area contributed by atoms with Gasteiger partial charge in [0.15, 0.2) is 0 Å². The van der Waals surface area contributed by atoms with Gasteiger partial charge in [-0.1, -0.05) is 18.2 Å². The number of methoxy groups -OCH3 is 1. The predicted octanol–water partition coefficient (Wildman–Crippen LogP) is 4.47. The maximum atomic E-state index is 5.26. The van der Waals surface area contributed by atoms with E-state index in [1.165, 1.54) is 11.1 Å². The molecule has 1 N–H and O–H groups in total. The number of aryl methyl sites for hydroxylation is 2. The van der Waals surface area contributed by atoms with Crippen LogP contribution < -0.4 is 10.1 Å². The number of rotatable bonds is 8. The lowest BCUT2D eigenvalue weighted by atomic mass is 9.94. The van der Waals surface area contributed by atoms with Gasteiger partial charge in [-0.15, -0.1) is 0 Å². The van der Waals surface area contributed by atoms with Crippen LogP contribution in [0.15, 0.2) is 47.1 Å². The molecule has 1 aromatic rings. The van der Waals surface area contributed by atoms with E-state index in [2.05, 4.69) is 54.3 Å². The van der Waals surface area contributed by atoms with Gasteiger partial charge in [0.1, 0.15) is 5.75 Å². The summed E-state index contributed by atoms with van der Waals surface area (Å²) in [4.78, 5) is 4.23. The summed E-state index contributed by atoms with van der Waals surface area (Å²) in [5, 5.41) is 3.39. The molecular weight excluding hydrogens is 296 g/mol. The van der Waals surface area contributed by atoms with Crippen LogP contribution in [-0.4, -0.2) is 26.9 Å². The molecule has 1 saturated heterocycles. The van der Waals surface area contributed by atoms with Crippen LogP contribution in [0.5, 0.6) is 5.75 Å². The zero-order chi connectivity index (χ0) is 17.2. The number of benzene rings is 1. The summed E-state index contributed by atoms with van der Waals surface area (Å²) in [5.74, 6) is 1.50. The third-order valence-corrected chi connectivity index (χ3v) is 4.71. The highest BCUT2D eigenvalue weighted by Crippen LogP contribution is 2.22. The van der Waals surface area contributed by atoms with E-state index < -0.39 is 0 Å². The van der Waals surface area contributed by atoms with Gasteiger partial charge in [-0.3, -0.25) is 4.99 Å². The van der Waals surface area contributed by atoms with Crippen molar-refractivity contribution in [2.45, 2.75) is 39.0 Å². The largest absolute Gasteiger partial charge is 0.497 e. The molecule has 0 saturated carbocycles. The van der Waals surface area contributed by atoms with Crippen molar-refractivity contribution in [3.05, 3.63) is 53.3 Å². The van der Waals surface area contributed by atoms with Gasteiger partial charge in [-0.2, -0.15) is 0 Å². The summed E-state index contributed by atoms with van der Waals surface area (Å²) in [7, 11) is 1.71. The maximum Gasteiger partial charge on any atom is 0.119 e. The Kier molecular flexibility index (Phi) is 7.76. The van der Waals surface area contributed by atoms with Crippen LogP contribution in [-0.2, 0) is 6.42 Å². The van der Waals surface area contributed by atoms with E-state index in [1.54, 1.807) is 7.11 Å². The maximum absolute atomic E-state index is 5.26. The van der Waals surface area contributed by atoms with Crippen molar-refractivity contribution < 1.29 is 4.74 Å². The fourth-order valence-corrected chi connectivity index (χ4v) is 3.18. The number of unbranched alkanes of at least 4 members (excludes halogenated alkanes) is 1. The van der Waals surface area contributed by atoms with Crippen LogP contribution in [0.1, 0.15) is 36.8 Å². The van der Waals surface area contributed by atoms with E-state index in [9.17, 15) is 0 Å². The number of hydrogen-bond acceptors (Lipinski definition) is 3. The average Bonchev–Trinajstić information content (AvgIpc) is 2.63. The quantitative estimate of drug-likeness (QED) is 0.434. The monoisotopic (exact) mass is 326 g/mol.